The van der Waals surface area contributed by atoms with Crippen molar-refractivity contribution in [1.82, 2.24) is 10.2 Å². The molecule has 0 bridgehead atoms. The number of carbonyl (C=O) groups is 3. The molecular formula is C12H18N2O4. The van der Waals surface area contributed by atoms with Gasteiger partial charge in [-0.2, -0.15) is 0 Å². The lowest BCUT2D eigenvalue weighted by Crippen LogP contribution is -2.44. The van der Waals surface area contributed by atoms with E-state index in [-0.39, 0.29) is 31.2 Å². The highest BCUT2D eigenvalue weighted by Crippen LogP contribution is 2.20. The monoisotopic (exact) mass is 254 g/mol. The minimum atomic E-state index is -0.866. The van der Waals surface area contributed by atoms with E-state index >= 15 is 0 Å². The highest BCUT2D eigenvalue weighted by molar-refractivity contribution is 5.82. The Morgan fingerprint density at radius 2 is 2.06 bits per heavy atom. The Balaban J connectivity index is 1.76. The zero-order valence-corrected chi connectivity index (χ0v) is 10.2. The van der Waals surface area contributed by atoms with Gasteiger partial charge in [0.1, 0.15) is 0 Å². The minimum absolute atomic E-state index is 0.0493. The smallest absolute Gasteiger partial charge is 0.308 e. The first-order valence-corrected chi connectivity index (χ1v) is 6.36. The van der Waals surface area contributed by atoms with Gasteiger partial charge in [0.25, 0.3) is 0 Å². The largest absolute Gasteiger partial charge is 0.481 e. The van der Waals surface area contributed by atoms with Crippen LogP contribution in [0.3, 0.4) is 0 Å². The molecule has 1 heterocycles. The van der Waals surface area contributed by atoms with E-state index in [2.05, 4.69) is 5.32 Å². The van der Waals surface area contributed by atoms with E-state index in [0.29, 0.717) is 19.0 Å². The molecule has 2 aliphatic rings. The van der Waals surface area contributed by atoms with E-state index in [1.165, 1.54) is 4.90 Å². The molecule has 0 spiro atoms. The molecule has 100 valence electrons. The van der Waals surface area contributed by atoms with Gasteiger partial charge in [0.05, 0.1) is 5.92 Å². The lowest BCUT2D eigenvalue weighted by molar-refractivity contribution is -0.147. The van der Waals surface area contributed by atoms with Gasteiger partial charge in [0.15, 0.2) is 0 Å². The Morgan fingerprint density at radius 3 is 2.67 bits per heavy atom. The van der Waals surface area contributed by atoms with Gasteiger partial charge in [0.2, 0.25) is 11.8 Å². The Bertz CT molecular complexity index is 365. The summed E-state index contributed by atoms with van der Waals surface area (Å²) < 4.78 is 0. The summed E-state index contributed by atoms with van der Waals surface area (Å²) in [4.78, 5) is 35.5. The number of piperidine rings is 1. The third-order valence-electron chi connectivity index (χ3n) is 3.40. The molecule has 2 rings (SSSR count). The molecule has 2 N–H and O–H groups in total. The van der Waals surface area contributed by atoms with Gasteiger partial charge < -0.3 is 15.3 Å². The Kier molecular flexibility index (Phi) is 3.84. The highest BCUT2D eigenvalue weighted by Gasteiger charge is 2.30. The lowest BCUT2D eigenvalue weighted by atomic mass is 9.97. The van der Waals surface area contributed by atoms with Gasteiger partial charge in [-0.05, 0) is 19.3 Å². The number of amides is 2. The normalized spacial score (nSPS) is 23.9. The van der Waals surface area contributed by atoms with Crippen LogP contribution in [0.4, 0.5) is 0 Å². The van der Waals surface area contributed by atoms with Gasteiger partial charge in [-0.1, -0.05) is 0 Å². The second-order valence-corrected chi connectivity index (χ2v) is 5.01. The van der Waals surface area contributed by atoms with Crippen LogP contribution in [-0.4, -0.2) is 46.9 Å². The van der Waals surface area contributed by atoms with E-state index in [1.54, 1.807) is 0 Å². The molecule has 0 aromatic heterocycles. The third kappa shape index (κ3) is 3.45. The fourth-order valence-corrected chi connectivity index (χ4v) is 2.10. The van der Waals surface area contributed by atoms with Crippen molar-refractivity contribution in [1.29, 1.82) is 0 Å². The Hall–Kier alpha value is -1.59. The minimum Gasteiger partial charge on any atom is -0.481 e. The maximum Gasteiger partial charge on any atom is 0.308 e. The van der Waals surface area contributed by atoms with Crippen LogP contribution in [0.15, 0.2) is 0 Å². The van der Waals surface area contributed by atoms with Crippen molar-refractivity contribution in [2.45, 2.75) is 38.1 Å². The molecule has 1 unspecified atom stereocenters. The Morgan fingerprint density at radius 1 is 1.33 bits per heavy atom. The fraction of sp³-hybridized carbons (Fsp3) is 0.750. The summed E-state index contributed by atoms with van der Waals surface area (Å²) in [6.45, 7) is 0.548. The topological polar surface area (TPSA) is 86.7 Å². The van der Waals surface area contributed by atoms with E-state index in [1.807, 2.05) is 0 Å². The molecular weight excluding hydrogens is 236 g/mol. The SMILES string of the molecule is O=C(CCN1CC(C(=O)O)CCC1=O)NC1CC1. The Labute approximate surface area is 105 Å². The number of likely N-dealkylation sites (tertiary alicyclic amines) is 1. The molecule has 1 aliphatic carbocycles. The number of aliphatic carboxylic acids is 1. The number of nitrogens with zero attached hydrogens (tertiary/aromatic N) is 1. The molecule has 2 amide bonds. The number of hydrogen-bond donors (Lipinski definition) is 2. The molecule has 6 nitrogen and oxygen atoms in total. The number of nitrogens with one attached hydrogen (secondary N) is 1. The number of hydrogen-bond acceptors (Lipinski definition) is 3. The first kappa shape index (κ1) is 12.9. The summed E-state index contributed by atoms with van der Waals surface area (Å²) in [5.74, 6) is -1.46. The third-order valence-corrected chi connectivity index (χ3v) is 3.40. The second-order valence-electron chi connectivity index (χ2n) is 5.01. The van der Waals surface area contributed by atoms with Crippen molar-refractivity contribution in [3.05, 3.63) is 0 Å². The van der Waals surface area contributed by atoms with Gasteiger partial charge in [-0.15, -0.1) is 0 Å². The first-order valence-electron chi connectivity index (χ1n) is 6.36. The van der Waals surface area contributed by atoms with Crippen LogP contribution in [0.1, 0.15) is 32.1 Å². The number of carboxylic acid groups (broad SMARTS) is 1. The predicted molar refractivity (Wildman–Crippen MR) is 62.7 cm³/mol. The summed E-state index contributed by atoms with van der Waals surface area (Å²) in [7, 11) is 0. The van der Waals surface area contributed by atoms with E-state index in [0.717, 1.165) is 12.8 Å². The maximum absolute atomic E-state index is 11.6. The highest BCUT2D eigenvalue weighted by atomic mass is 16.4. The zero-order chi connectivity index (χ0) is 13.1. The van der Waals surface area contributed by atoms with Crippen molar-refractivity contribution in [3.63, 3.8) is 0 Å². The molecule has 0 aromatic carbocycles. The molecule has 2 fully saturated rings. The molecule has 0 radical (unpaired) electrons. The zero-order valence-electron chi connectivity index (χ0n) is 10.2. The summed E-state index contributed by atoms with van der Waals surface area (Å²) >= 11 is 0. The molecule has 6 heteroatoms. The van der Waals surface area contributed by atoms with Crippen molar-refractivity contribution in [2.75, 3.05) is 13.1 Å². The summed E-state index contributed by atoms with van der Waals surface area (Å²) in [6.07, 6.45) is 3.00. The number of carboxylic acids is 1. The average molecular weight is 254 g/mol. The van der Waals surface area contributed by atoms with E-state index in [4.69, 9.17) is 5.11 Å². The van der Waals surface area contributed by atoms with Crippen LogP contribution in [-0.2, 0) is 14.4 Å². The fourth-order valence-electron chi connectivity index (χ4n) is 2.10. The molecule has 1 aliphatic heterocycles. The van der Waals surface area contributed by atoms with Crippen molar-refractivity contribution in [2.24, 2.45) is 5.92 Å². The standard InChI is InChI=1S/C12H18N2O4/c15-10(13-9-2-3-9)5-6-14-7-8(12(17)18)1-4-11(14)16/h8-9H,1-7H2,(H,13,15)(H,17,18). The van der Waals surface area contributed by atoms with Crippen LogP contribution in [0.5, 0.6) is 0 Å². The van der Waals surface area contributed by atoms with Crippen LogP contribution in [0.25, 0.3) is 0 Å². The van der Waals surface area contributed by atoms with Crippen LogP contribution in [0.2, 0.25) is 0 Å². The lowest BCUT2D eigenvalue weighted by Gasteiger charge is -2.30. The van der Waals surface area contributed by atoms with Crippen LogP contribution in [0, 0.1) is 5.92 Å². The van der Waals surface area contributed by atoms with Crippen LogP contribution < -0.4 is 5.32 Å². The van der Waals surface area contributed by atoms with Crippen molar-refractivity contribution in [3.8, 4) is 0 Å². The second kappa shape index (κ2) is 5.37. The molecule has 18 heavy (non-hydrogen) atoms. The molecule has 0 aromatic rings. The molecule has 1 saturated heterocycles. The maximum atomic E-state index is 11.6. The average Bonchev–Trinajstić information content (AvgIpc) is 3.11. The van der Waals surface area contributed by atoms with Crippen molar-refractivity contribution >= 4 is 17.8 Å². The summed E-state index contributed by atoms with van der Waals surface area (Å²) in [6, 6.07) is 0.321. The predicted octanol–water partition coefficient (Wildman–Crippen LogP) is -0.0217. The van der Waals surface area contributed by atoms with Crippen LogP contribution >= 0.6 is 0 Å². The number of carbonyl (C=O) groups excluding carboxylic acids is 2. The van der Waals surface area contributed by atoms with Gasteiger partial charge in [-0.3, -0.25) is 14.4 Å². The quantitative estimate of drug-likeness (QED) is 0.721. The van der Waals surface area contributed by atoms with E-state index < -0.39 is 11.9 Å². The van der Waals surface area contributed by atoms with Gasteiger partial charge >= 0.3 is 5.97 Å². The molecule has 1 atom stereocenters. The number of rotatable bonds is 5. The summed E-state index contributed by atoms with van der Waals surface area (Å²) in [5.41, 5.74) is 0. The summed E-state index contributed by atoms with van der Waals surface area (Å²) in [5, 5.41) is 11.8. The van der Waals surface area contributed by atoms with Gasteiger partial charge in [-0.25, -0.2) is 0 Å². The van der Waals surface area contributed by atoms with Gasteiger partial charge in [0, 0.05) is 32.0 Å². The molecule has 1 saturated carbocycles. The van der Waals surface area contributed by atoms with Crippen molar-refractivity contribution < 1.29 is 19.5 Å². The first-order chi connectivity index (χ1) is 8.56. The van der Waals surface area contributed by atoms with E-state index in [9.17, 15) is 14.4 Å².